The van der Waals surface area contributed by atoms with Gasteiger partial charge in [-0.05, 0) is 48.7 Å². The first kappa shape index (κ1) is 15.1. The molecule has 0 aromatic carbocycles. The summed E-state index contributed by atoms with van der Waals surface area (Å²) < 4.78 is 0. The van der Waals surface area contributed by atoms with Crippen LogP contribution >= 0.6 is 34.0 Å². The molecule has 4 heterocycles. The summed E-state index contributed by atoms with van der Waals surface area (Å²) in [7, 11) is 0. The molecule has 0 saturated heterocycles. The number of fused-ring (bicyclic) bond motifs is 1. The van der Waals surface area contributed by atoms with E-state index in [9.17, 15) is 4.79 Å². The number of thiazole rings is 1. The lowest BCUT2D eigenvalue weighted by atomic mass is 10.0. The van der Waals surface area contributed by atoms with E-state index in [4.69, 9.17) is 0 Å². The number of aromatic nitrogens is 1. The molecule has 0 N–H and O–H groups in total. The zero-order valence-electron chi connectivity index (χ0n) is 12.9. The molecule has 1 amide bonds. The Bertz CT molecular complexity index is 847. The topological polar surface area (TPSA) is 33.2 Å². The highest BCUT2D eigenvalue weighted by atomic mass is 32.1. The molecule has 1 aliphatic heterocycles. The molecule has 3 nitrogen and oxygen atoms in total. The molecule has 0 radical (unpaired) electrons. The molecule has 23 heavy (non-hydrogen) atoms. The normalized spacial score (nSPS) is 17.3. The van der Waals surface area contributed by atoms with Crippen molar-refractivity contribution in [3.8, 4) is 9.88 Å². The van der Waals surface area contributed by atoms with Crippen molar-refractivity contribution in [2.75, 3.05) is 6.54 Å². The van der Waals surface area contributed by atoms with E-state index in [2.05, 4.69) is 29.4 Å². The first-order valence-corrected chi connectivity index (χ1v) is 10.1. The quantitative estimate of drug-likeness (QED) is 0.644. The summed E-state index contributed by atoms with van der Waals surface area (Å²) in [5, 5.41) is 5.11. The van der Waals surface area contributed by atoms with E-state index in [1.165, 1.54) is 21.8 Å². The number of rotatable bonds is 2. The first-order valence-electron chi connectivity index (χ1n) is 7.53. The SMILES string of the molecule is Cc1nc(-c2cccs2)sc1C(=O)N1CCc2sccc2[C@H]1C. The molecular formula is C17H16N2OS3. The minimum Gasteiger partial charge on any atom is -0.331 e. The van der Waals surface area contributed by atoms with E-state index in [0.717, 1.165) is 33.4 Å². The third kappa shape index (κ3) is 2.55. The maximum absolute atomic E-state index is 13.0. The van der Waals surface area contributed by atoms with Gasteiger partial charge in [0, 0.05) is 11.4 Å². The Balaban J connectivity index is 1.65. The second-order valence-corrected chi connectivity index (χ2v) is 8.58. The largest absolute Gasteiger partial charge is 0.331 e. The van der Waals surface area contributed by atoms with Gasteiger partial charge in [-0.2, -0.15) is 0 Å². The Morgan fingerprint density at radius 1 is 1.30 bits per heavy atom. The number of carbonyl (C=O) groups is 1. The highest BCUT2D eigenvalue weighted by Gasteiger charge is 2.31. The van der Waals surface area contributed by atoms with Crippen LogP contribution in [0, 0.1) is 6.92 Å². The van der Waals surface area contributed by atoms with Gasteiger partial charge in [-0.1, -0.05) is 6.07 Å². The molecule has 6 heteroatoms. The van der Waals surface area contributed by atoms with Crippen LogP contribution in [0.25, 0.3) is 9.88 Å². The van der Waals surface area contributed by atoms with Crippen LogP contribution in [0.1, 0.15) is 38.8 Å². The van der Waals surface area contributed by atoms with Gasteiger partial charge in [0.25, 0.3) is 5.91 Å². The van der Waals surface area contributed by atoms with Crippen LogP contribution in [0.5, 0.6) is 0 Å². The fraction of sp³-hybridized carbons (Fsp3) is 0.294. The number of aryl methyl sites for hydroxylation is 1. The second kappa shape index (κ2) is 5.85. The summed E-state index contributed by atoms with van der Waals surface area (Å²) in [6.45, 7) is 4.85. The molecule has 0 saturated carbocycles. The molecule has 1 atom stereocenters. The van der Waals surface area contributed by atoms with Crippen LogP contribution in [-0.4, -0.2) is 22.3 Å². The van der Waals surface area contributed by atoms with Crippen LogP contribution in [0.3, 0.4) is 0 Å². The van der Waals surface area contributed by atoms with Crippen LogP contribution in [0.15, 0.2) is 29.0 Å². The fourth-order valence-electron chi connectivity index (χ4n) is 3.02. The van der Waals surface area contributed by atoms with Gasteiger partial charge < -0.3 is 4.90 Å². The Labute approximate surface area is 147 Å². The summed E-state index contributed by atoms with van der Waals surface area (Å²) >= 11 is 4.98. The van der Waals surface area contributed by atoms with E-state index in [1.54, 1.807) is 22.7 Å². The molecular weight excluding hydrogens is 344 g/mol. The van der Waals surface area contributed by atoms with Gasteiger partial charge in [0.05, 0.1) is 16.6 Å². The molecule has 0 spiro atoms. The smallest absolute Gasteiger partial charge is 0.266 e. The molecule has 4 rings (SSSR count). The van der Waals surface area contributed by atoms with Gasteiger partial charge in [0.1, 0.15) is 9.88 Å². The maximum atomic E-state index is 13.0. The Morgan fingerprint density at radius 3 is 2.96 bits per heavy atom. The number of carbonyl (C=O) groups excluding carboxylic acids is 1. The van der Waals surface area contributed by atoms with Crippen molar-refractivity contribution in [2.45, 2.75) is 26.3 Å². The average Bonchev–Trinajstić information content (AvgIpc) is 3.27. The Hall–Kier alpha value is -1.50. The van der Waals surface area contributed by atoms with E-state index < -0.39 is 0 Å². The van der Waals surface area contributed by atoms with E-state index in [0.29, 0.717) is 0 Å². The lowest BCUT2D eigenvalue weighted by molar-refractivity contribution is 0.0683. The van der Waals surface area contributed by atoms with Crippen molar-refractivity contribution >= 4 is 39.9 Å². The van der Waals surface area contributed by atoms with Crippen LogP contribution in [0.4, 0.5) is 0 Å². The van der Waals surface area contributed by atoms with Gasteiger partial charge >= 0.3 is 0 Å². The monoisotopic (exact) mass is 360 g/mol. The maximum Gasteiger partial charge on any atom is 0.266 e. The zero-order valence-corrected chi connectivity index (χ0v) is 15.4. The summed E-state index contributed by atoms with van der Waals surface area (Å²) in [5.41, 5.74) is 2.14. The molecule has 0 bridgehead atoms. The molecule has 0 unspecified atom stereocenters. The summed E-state index contributed by atoms with van der Waals surface area (Å²) in [6.07, 6.45) is 0.957. The zero-order chi connectivity index (χ0) is 16.0. The Kier molecular flexibility index (Phi) is 3.83. The van der Waals surface area contributed by atoms with Crippen LogP contribution in [0.2, 0.25) is 0 Å². The molecule has 0 fully saturated rings. The number of hydrogen-bond donors (Lipinski definition) is 0. The molecule has 3 aromatic rings. The van der Waals surface area contributed by atoms with E-state index >= 15 is 0 Å². The minimum atomic E-state index is 0.118. The van der Waals surface area contributed by atoms with Crippen LogP contribution < -0.4 is 0 Å². The average molecular weight is 361 g/mol. The molecule has 118 valence electrons. The van der Waals surface area contributed by atoms with Gasteiger partial charge in [-0.15, -0.1) is 34.0 Å². The fourth-order valence-corrected chi connectivity index (χ4v) is 5.80. The lowest BCUT2D eigenvalue weighted by Gasteiger charge is -2.33. The Morgan fingerprint density at radius 2 is 2.17 bits per heavy atom. The van der Waals surface area contributed by atoms with E-state index in [1.807, 2.05) is 23.3 Å². The van der Waals surface area contributed by atoms with E-state index in [-0.39, 0.29) is 11.9 Å². The van der Waals surface area contributed by atoms with Crippen LogP contribution in [-0.2, 0) is 6.42 Å². The minimum absolute atomic E-state index is 0.118. The lowest BCUT2D eigenvalue weighted by Crippen LogP contribution is -2.38. The van der Waals surface area contributed by atoms with Gasteiger partial charge in [0.2, 0.25) is 0 Å². The van der Waals surface area contributed by atoms with Gasteiger partial charge in [0.15, 0.2) is 0 Å². The highest BCUT2D eigenvalue weighted by Crippen LogP contribution is 2.36. The van der Waals surface area contributed by atoms with Crippen molar-refractivity contribution in [3.63, 3.8) is 0 Å². The summed E-state index contributed by atoms with van der Waals surface area (Å²) in [4.78, 5) is 23.0. The third-order valence-corrected chi connectivity index (χ3v) is 7.44. The number of amides is 1. The summed E-state index contributed by atoms with van der Waals surface area (Å²) in [6, 6.07) is 6.37. The highest BCUT2D eigenvalue weighted by molar-refractivity contribution is 7.22. The number of nitrogens with zero attached hydrogens (tertiary/aromatic N) is 2. The van der Waals surface area contributed by atoms with Gasteiger partial charge in [-0.3, -0.25) is 4.79 Å². The van der Waals surface area contributed by atoms with Crippen molar-refractivity contribution in [1.82, 2.24) is 9.88 Å². The first-order chi connectivity index (χ1) is 11.1. The van der Waals surface area contributed by atoms with Crippen molar-refractivity contribution in [1.29, 1.82) is 0 Å². The molecule has 3 aromatic heterocycles. The third-order valence-electron chi connectivity index (χ3n) is 4.26. The predicted molar refractivity (Wildman–Crippen MR) is 97.6 cm³/mol. The molecule has 0 aliphatic carbocycles. The van der Waals surface area contributed by atoms with Crippen molar-refractivity contribution < 1.29 is 4.79 Å². The van der Waals surface area contributed by atoms with Gasteiger partial charge in [-0.25, -0.2) is 4.98 Å². The van der Waals surface area contributed by atoms with Crippen molar-refractivity contribution in [3.05, 3.63) is 50.0 Å². The molecule has 1 aliphatic rings. The predicted octanol–water partition coefficient (Wildman–Crippen LogP) is 5.00. The standard InChI is InChI=1S/C17H16N2OS3/c1-10-15(23-16(18-10)14-4-3-8-21-14)17(20)19-7-5-13-12(11(19)2)6-9-22-13/h3-4,6,8-9,11H,5,7H2,1-2H3/t11-/m1/s1. The number of hydrogen-bond acceptors (Lipinski definition) is 5. The summed E-state index contributed by atoms with van der Waals surface area (Å²) in [5.74, 6) is 0.118. The second-order valence-electron chi connectivity index (χ2n) is 5.63. The van der Waals surface area contributed by atoms with Crippen molar-refractivity contribution in [2.24, 2.45) is 0 Å². The number of thiophene rings is 2.